The summed E-state index contributed by atoms with van der Waals surface area (Å²) in [4.78, 5) is 2.39. The number of anilines is 3. The normalized spacial score (nSPS) is 11.4. The second kappa shape index (κ2) is 12.0. The second-order valence-corrected chi connectivity index (χ2v) is 12.6. The molecule has 0 aliphatic heterocycles. The fourth-order valence-corrected chi connectivity index (χ4v) is 7.19. The average Bonchev–Trinajstić information content (AvgIpc) is 3.52. The van der Waals surface area contributed by atoms with Crippen LogP contribution in [0, 0.1) is 6.92 Å². The van der Waals surface area contributed by atoms with E-state index in [2.05, 4.69) is 182 Å². The van der Waals surface area contributed by atoms with Crippen molar-refractivity contribution in [2.24, 2.45) is 0 Å². The summed E-state index contributed by atoms with van der Waals surface area (Å²) in [5.74, 6) is 0.903. The van der Waals surface area contributed by atoms with Crippen molar-refractivity contribution in [1.29, 1.82) is 0 Å². The number of fused-ring (bicyclic) bond motifs is 4. The Hall–Kier alpha value is -6.38. The lowest BCUT2D eigenvalue weighted by atomic mass is 9.97. The lowest BCUT2D eigenvalue weighted by Gasteiger charge is -2.28. The zero-order chi connectivity index (χ0) is 32.7. The molecular weight excluding hydrogens is 595 g/mol. The standard InChI is InChI=1S/C47H33NO/c1-32-41-20-9-10-24-46(41)49-47(32)38-18-12-19-40(30-38)48(45-31-37-15-5-6-21-42(37)43-22-7-8-23-44(43)45)39-27-25-34(26-28-39)36-17-11-16-35(29-36)33-13-3-2-4-14-33/h2-31H,1H3. The van der Waals surface area contributed by atoms with Crippen LogP contribution in [0.3, 0.4) is 0 Å². The summed E-state index contributed by atoms with van der Waals surface area (Å²) in [6, 6.07) is 65.0. The van der Waals surface area contributed by atoms with Crippen molar-refractivity contribution in [1.82, 2.24) is 0 Å². The Kier molecular flexibility index (Phi) is 7.06. The lowest BCUT2D eigenvalue weighted by Crippen LogP contribution is -2.10. The van der Waals surface area contributed by atoms with Gasteiger partial charge in [-0.25, -0.2) is 0 Å². The third kappa shape index (κ3) is 5.15. The maximum absolute atomic E-state index is 6.45. The van der Waals surface area contributed by atoms with Gasteiger partial charge in [0.15, 0.2) is 0 Å². The van der Waals surface area contributed by atoms with Crippen molar-refractivity contribution in [3.05, 3.63) is 188 Å². The molecule has 0 bridgehead atoms. The Morgan fingerprint density at radius 2 is 0.980 bits per heavy atom. The minimum absolute atomic E-state index is 0.903. The van der Waals surface area contributed by atoms with Crippen LogP contribution in [0.4, 0.5) is 17.1 Å². The smallest absolute Gasteiger partial charge is 0.138 e. The van der Waals surface area contributed by atoms with E-state index in [9.17, 15) is 0 Å². The summed E-state index contributed by atoms with van der Waals surface area (Å²) >= 11 is 0. The highest BCUT2D eigenvalue weighted by Crippen LogP contribution is 2.44. The summed E-state index contributed by atoms with van der Waals surface area (Å²) in [5.41, 5.74) is 11.2. The molecule has 1 aromatic heterocycles. The molecule has 0 unspecified atom stereocenters. The van der Waals surface area contributed by atoms with E-state index in [1.54, 1.807) is 0 Å². The summed E-state index contributed by atoms with van der Waals surface area (Å²) < 4.78 is 6.45. The molecule has 0 saturated carbocycles. The van der Waals surface area contributed by atoms with Crippen molar-refractivity contribution < 1.29 is 4.42 Å². The third-order valence-corrected chi connectivity index (χ3v) is 9.63. The maximum Gasteiger partial charge on any atom is 0.138 e. The number of para-hydroxylation sites is 1. The van der Waals surface area contributed by atoms with E-state index in [4.69, 9.17) is 4.42 Å². The topological polar surface area (TPSA) is 16.4 Å². The summed E-state index contributed by atoms with van der Waals surface area (Å²) in [7, 11) is 0. The van der Waals surface area contributed by atoms with Crippen LogP contribution in [0.5, 0.6) is 0 Å². The van der Waals surface area contributed by atoms with Gasteiger partial charge in [0, 0.05) is 33.3 Å². The number of benzene rings is 8. The third-order valence-electron chi connectivity index (χ3n) is 9.63. The molecule has 0 N–H and O–H groups in total. The average molecular weight is 628 g/mol. The molecule has 2 heteroatoms. The van der Waals surface area contributed by atoms with Gasteiger partial charge in [-0.05, 0) is 87.8 Å². The molecule has 0 saturated heterocycles. The van der Waals surface area contributed by atoms with Crippen LogP contribution in [0.1, 0.15) is 5.56 Å². The summed E-state index contributed by atoms with van der Waals surface area (Å²) in [6.07, 6.45) is 0. The number of nitrogens with zero attached hydrogens (tertiary/aromatic N) is 1. The zero-order valence-corrected chi connectivity index (χ0v) is 27.2. The quantitative estimate of drug-likeness (QED) is 0.171. The van der Waals surface area contributed by atoms with Crippen LogP contribution in [0.15, 0.2) is 186 Å². The van der Waals surface area contributed by atoms with Gasteiger partial charge in [-0.1, -0.05) is 140 Å². The Morgan fingerprint density at radius 1 is 0.388 bits per heavy atom. The predicted molar refractivity (Wildman–Crippen MR) is 207 cm³/mol. The molecule has 0 aliphatic rings. The molecule has 49 heavy (non-hydrogen) atoms. The highest BCUT2D eigenvalue weighted by Gasteiger charge is 2.20. The SMILES string of the molecule is Cc1c(-c2cccc(N(c3ccc(-c4cccc(-c5ccccc5)c4)cc3)c3cc4ccccc4c4ccccc34)c2)oc2ccccc12. The van der Waals surface area contributed by atoms with E-state index in [1.165, 1.54) is 43.8 Å². The molecule has 232 valence electrons. The minimum Gasteiger partial charge on any atom is -0.456 e. The Morgan fingerprint density at radius 3 is 1.76 bits per heavy atom. The molecule has 0 atom stereocenters. The van der Waals surface area contributed by atoms with Gasteiger partial charge in [0.25, 0.3) is 0 Å². The molecule has 0 amide bonds. The Balaban J connectivity index is 1.21. The first kappa shape index (κ1) is 28.8. The Bertz CT molecular complexity index is 2610. The number of aryl methyl sites for hydroxylation is 1. The first-order valence-electron chi connectivity index (χ1n) is 16.8. The van der Waals surface area contributed by atoms with Crippen molar-refractivity contribution >= 4 is 49.6 Å². The number of hydrogen-bond acceptors (Lipinski definition) is 2. The summed E-state index contributed by atoms with van der Waals surface area (Å²) in [6.45, 7) is 2.15. The molecule has 9 aromatic rings. The molecular formula is C47H33NO. The molecule has 0 fully saturated rings. The van der Waals surface area contributed by atoms with Gasteiger partial charge in [-0.3, -0.25) is 0 Å². The van der Waals surface area contributed by atoms with Gasteiger partial charge in [0.2, 0.25) is 0 Å². The van der Waals surface area contributed by atoms with Gasteiger partial charge in [0.05, 0.1) is 5.69 Å². The number of hydrogen-bond donors (Lipinski definition) is 0. The molecule has 2 nitrogen and oxygen atoms in total. The fourth-order valence-electron chi connectivity index (χ4n) is 7.19. The first-order valence-corrected chi connectivity index (χ1v) is 16.8. The van der Waals surface area contributed by atoms with Gasteiger partial charge in [0.1, 0.15) is 11.3 Å². The van der Waals surface area contributed by atoms with Crippen LogP contribution >= 0.6 is 0 Å². The van der Waals surface area contributed by atoms with E-state index in [-0.39, 0.29) is 0 Å². The van der Waals surface area contributed by atoms with Gasteiger partial charge >= 0.3 is 0 Å². The Labute approximate surface area is 286 Å². The van der Waals surface area contributed by atoms with Gasteiger partial charge < -0.3 is 9.32 Å². The van der Waals surface area contributed by atoms with E-state index in [0.717, 1.165) is 44.9 Å². The van der Waals surface area contributed by atoms with Crippen LogP contribution in [-0.2, 0) is 0 Å². The molecule has 1 heterocycles. The highest BCUT2D eigenvalue weighted by atomic mass is 16.3. The second-order valence-electron chi connectivity index (χ2n) is 12.6. The van der Waals surface area contributed by atoms with Crippen molar-refractivity contribution in [3.63, 3.8) is 0 Å². The first-order chi connectivity index (χ1) is 24.2. The zero-order valence-electron chi connectivity index (χ0n) is 27.2. The molecule has 0 spiro atoms. The van der Waals surface area contributed by atoms with E-state index in [1.807, 2.05) is 12.1 Å². The largest absolute Gasteiger partial charge is 0.456 e. The highest BCUT2D eigenvalue weighted by molar-refractivity contribution is 6.14. The van der Waals surface area contributed by atoms with Crippen molar-refractivity contribution in [2.75, 3.05) is 4.90 Å². The maximum atomic E-state index is 6.45. The molecule has 0 radical (unpaired) electrons. The monoisotopic (exact) mass is 627 g/mol. The van der Waals surface area contributed by atoms with Crippen molar-refractivity contribution in [2.45, 2.75) is 6.92 Å². The van der Waals surface area contributed by atoms with Crippen LogP contribution in [0.25, 0.3) is 66.1 Å². The fraction of sp³-hybridized carbons (Fsp3) is 0.0213. The molecule has 9 rings (SSSR count). The van der Waals surface area contributed by atoms with E-state index in [0.29, 0.717) is 0 Å². The lowest BCUT2D eigenvalue weighted by molar-refractivity contribution is 0.629. The predicted octanol–water partition coefficient (Wildman–Crippen LogP) is 13.5. The van der Waals surface area contributed by atoms with Gasteiger partial charge in [-0.15, -0.1) is 0 Å². The van der Waals surface area contributed by atoms with Crippen LogP contribution in [0.2, 0.25) is 0 Å². The number of furan rings is 1. The van der Waals surface area contributed by atoms with Crippen LogP contribution in [-0.4, -0.2) is 0 Å². The minimum atomic E-state index is 0.903. The number of rotatable bonds is 6. The van der Waals surface area contributed by atoms with Gasteiger partial charge in [-0.2, -0.15) is 0 Å². The van der Waals surface area contributed by atoms with E-state index >= 15 is 0 Å². The van der Waals surface area contributed by atoms with Crippen LogP contribution < -0.4 is 4.90 Å². The van der Waals surface area contributed by atoms with Crippen molar-refractivity contribution in [3.8, 4) is 33.6 Å². The molecule has 8 aromatic carbocycles. The molecule has 0 aliphatic carbocycles. The van der Waals surface area contributed by atoms with E-state index < -0.39 is 0 Å². The summed E-state index contributed by atoms with van der Waals surface area (Å²) in [5, 5.41) is 6.04.